The maximum absolute atomic E-state index is 11.9. The maximum atomic E-state index is 11.9. The molecule has 8 nitrogen and oxygen atoms in total. The molecule has 0 aliphatic carbocycles. The van der Waals surface area contributed by atoms with Gasteiger partial charge in [-0.25, -0.2) is 4.79 Å². The van der Waals surface area contributed by atoms with Gasteiger partial charge in [-0.1, -0.05) is 17.3 Å². The van der Waals surface area contributed by atoms with Crippen LogP contribution in [0.4, 0.5) is 5.82 Å². The minimum absolute atomic E-state index is 0.406. The van der Waals surface area contributed by atoms with Crippen LogP contribution in [-0.2, 0) is 4.74 Å². The van der Waals surface area contributed by atoms with Crippen LogP contribution in [-0.4, -0.2) is 69.1 Å². The first-order valence-corrected chi connectivity index (χ1v) is 11.4. The highest BCUT2D eigenvalue weighted by atomic mass is 16.5. The number of rotatable bonds is 6. The van der Waals surface area contributed by atoms with Crippen LogP contribution < -0.4 is 14.4 Å². The number of fused-ring (bicyclic) bond motifs is 2. The van der Waals surface area contributed by atoms with Crippen molar-refractivity contribution >= 4 is 22.8 Å². The summed E-state index contributed by atoms with van der Waals surface area (Å²) in [5.74, 6) is 2.19. The summed E-state index contributed by atoms with van der Waals surface area (Å²) in [6, 6.07) is 13.7. The average Bonchev–Trinajstić information content (AvgIpc) is 3.30. The number of para-hydroxylation sites is 1. The van der Waals surface area contributed by atoms with E-state index >= 15 is 0 Å². The van der Waals surface area contributed by atoms with Gasteiger partial charge in [-0.3, -0.25) is 4.90 Å². The molecule has 3 aromatic rings. The number of hydrogen-bond acceptors (Lipinski definition) is 8. The van der Waals surface area contributed by atoms with Gasteiger partial charge in [0.2, 0.25) is 0 Å². The number of piperazine rings is 1. The highest BCUT2D eigenvalue weighted by Gasteiger charge is 2.34. The predicted molar refractivity (Wildman–Crippen MR) is 124 cm³/mol. The first kappa shape index (κ1) is 21.6. The number of nitrogens with zero attached hydrogens (tertiary/aromatic N) is 3. The fraction of sp³-hybridized carbons (Fsp3) is 0.440. The second kappa shape index (κ2) is 9.31. The molecule has 0 radical (unpaired) electrons. The zero-order valence-corrected chi connectivity index (χ0v) is 19.0. The van der Waals surface area contributed by atoms with Gasteiger partial charge in [-0.15, -0.1) is 0 Å². The topological polar surface area (TPSA) is 77.3 Å². The van der Waals surface area contributed by atoms with Crippen LogP contribution in [0.1, 0.15) is 23.2 Å². The van der Waals surface area contributed by atoms with Gasteiger partial charge >= 0.3 is 5.97 Å². The average molecular weight is 452 g/mol. The summed E-state index contributed by atoms with van der Waals surface area (Å²) >= 11 is 0. The number of anilines is 1. The van der Waals surface area contributed by atoms with E-state index in [9.17, 15) is 4.79 Å². The highest BCUT2D eigenvalue weighted by molar-refractivity contribution is 5.90. The summed E-state index contributed by atoms with van der Waals surface area (Å²) in [5, 5.41) is 5.42. The molecule has 0 N–H and O–H groups in total. The number of esters is 1. The lowest BCUT2D eigenvalue weighted by atomic mass is 9.91. The molecule has 3 heterocycles. The van der Waals surface area contributed by atoms with Gasteiger partial charge in [0, 0.05) is 44.2 Å². The Morgan fingerprint density at radius 1 is 1.09 bits per heavy atom. The molecular formula is C25H29N3O5. The first-order chi connectivity index (χ1) is 16.1. The third-order valence-corrected chi connectivity index (χ3v) is 6.69. The maximum Gasteiger partial charge on any atom is 0.338 e. The van der Waals surface area contributed by atoms with Crippen LogP contribution in [0.15, 0.2) is 47.0 Å². The van der Waals surface area contributed by atoms with Crippen molar-refractivity contribution in [3.63, 3.8) is 0 Å². The number of methoxy groups -OCH3 is 2. The van der Waals surface area contributed by atoms with E-state index in [1.807, 2.05) is 18.2 Å². The van der Waals surface area contributed by atoms with E-state index in [1.54, 1.807) is 25.3 Å². The molecule has 2 aliphatic heterocycles. The number of carbonyl (C=O) groups is 1. The first-order valence-electron chi connectivity index (χ1n) is 11.4. The van der Waals surface area contributed by atoms with Crippen LogP contribution in [0.2, 0.25) is 0 Å². The third kappa shape index (κ3) is 4.48. The third-order valence-electron chi connectivity index (χ3n) is 6.69. The van der Waals surface area contributed by atoms with Gasteiger partial charge in [0.05, 0.1) is 31.8 Å². The van der Waals surface area contributed by atoms with Crippen molar-refractivity contribution in [3.8, 4) is 11.5 Å². The molecule has 33 heavy (non-hydrogen) atoms. The zero-order valence-electron chi connectivity index (χ0n) is 19.0. The summed E-state index contributed by atoms with van der Waals surface area (Å²) in [6.45, 7) is 4.50. The Balaban J connectivity index is 1.19. The van der Waals surface area contributed by atoms with Crippen molar-refractivity contribution in [3.05, 3.63) is 48.0 Å². The summed E-state index contributed by atoms with van der Waals surface area (Å²) in [5.41, 5.74) is 1.26. The second-order valence-electron chi connectivity index (χ2n) is 8.74. The summed E-state index contributed by atoms with van der Waals surface area (Å²) in [7, 11) is 2.94. The minimum Gasteiger partial charge on any atom is -0.497 e. The monoisotopic (exact) mass is 451 g/mol. The quantitative estimate of drug-likeness (QED) is 0.526. The molecule has 2 atom stereocenters. The Bertz CT molecular complexity index is 1130. The lowest BCUT2D eigenvalue weighted by molar-refractivity contribution is 0.0598. The molecule has 2 aromatic carbocycles. The lowest BCUT2D eigenvalue weighted by Crippen LogP contribution is -2.57. The number of ether oxygens (including phenoxy) is 3. The molecular weight excluding hydrogens is 422 g/mol. The summed E-state index contributed by atoms with van der Waals surface area (Å²) in [6.07, 6.45) is 2.22. The van der Waals surface area contributed by atoms with Crippen LogP contribution in [0, 0.1) is 5.92 Å². The van der Waals surface area contributed by atoms with Crippen molar-refractivity contribution in [1.82, 2.24) is 10.1 Å². The number of aromatic nitrogens is 1. The van der Waals surface area contributed by atoms with Crippen molar-refractivity contribution in [2.45, 2.75) is 18.9 Å². The van der Waals surface area contributed by atoms with Gasteiger partial charge in [0.25, 0.3) is 0 Å². The normalized spacial score (nSPS) is 21.0. The molecule has 1 aromatic heterocycles. The predicted octanol–water partition coefficient (Wildman–Crippen LogP) is 3.60. The lowest BCUT2D eigenvalue weighted by Gasteiger charge is -2.46. The Morgan fingerprint density at radius 3 is 2.79 bits per heavy atom. The molecule has 0 saturated carbocycles. The van der Waals surface area contributed by atoms with Gasteiger partial charge in [0.1, 0.15) is 11.5 Å². The van der Waals surface area contributed by atoms with Gasteiger partial charge in [-0.05, 0) is 37.1 Å². The fourth-order valence-corrected chi connectivity index (χ4v) is 4.91. The molecule has 8 heteroatoms. The highest BCUT2D eigenvalue weighted by Crippen LogP contribution is 2.32. The second-order valence-corrected chi connectivity index (χ2v) is 8.74. The number of piperidine rings is 1. The van der Waals surface area contributed by atoms with E-state index in [0.717, 1.165) is 55.8 Å². The van der Waals surface area contributed by atoms with Crippen molar-refractivity contribution in [2.75, 3.05) is 51.9 Å². The van der Waals surface area contributed by atoms with Crippen molar-refractivity contribution < 1.29 is 23.5 Å². The summed E-state index contributed by atoms with van der Waals surface area (Å²) < 4.78 is 21.7. The number of benzene rings is 2. The molecule has 174 valence electrons. The molecule has 0 bridgehead atoms. The van der Waals surface area contributed by atoms with Gasteiger partial charge < -0.3 is 23.6 Å². The molecule has 2 aliphatic rings. The standard InChI is InChI=1S/C25H29N3O5/c1-30-20-11-18(25(29)31-2)12-21(13-20)32-16-17-7-8-19-15-28(10-9-27(19)14-17)24-22-5-3-4-6-23(22)33-26-24/h3-6,11-13,17,19H,7-10,14-16H2,1-2H3/t17-,19+/m1/s1. The number of hydrogen-bond donors (Lipinski definition) is 0. The largest absolute Gasteiger partial charge is 0.497 e. The fourth-order valence-electron chi connectivity index (χ4n) is 4.91. The van der Waals surface area contributed by atoms with Crippen LogP contribution >= 0.6 is 0 Å². The molecule has 0 unspecified atom stereocenters. The smallest absolute Gasteiger partial charge is 0.338 e. The van der Waals surface area contributed by atoms with E-state index in [1.165, 1.54) is 7.11 Å². The molecule has 5 rings (SSSR count). The van der Waals surface area contributed by atoms with E-state index in [2.05, 4.69) is 21.0 Å². The Kier molecular flexibility index (Phi) is 6.09. The van der Waals surface area contributed by atoms with Crippen LogP contribution in [0.25, 0.3) is 11.0 Å². The van der Waals surface area contributed by atoms with E-state index < -0.39 is 5.97 Å². The van der Waals surface area contributed by atoms with E-state index in [0.29, 0.717) is 35.6 Å². The van der Waals surface area contributed by atoms with Crippen molar-refractivity contribution in [1.29, 1.82) is 0 Å². The van der Waals surface area contributed by atoms with E-state index in [4.69, 9.17) is 18.7 Å². The molecule has 0 spiro atoms. The summed E-state index contributed by atoms with van der Waals surface area (Å²) in [4.78, 5) is 16.9. The Hall–Kier alpha value is -3.26. The van der Waals surface area contributed by atoms with Gasteiger partial charge in [-0.2, -0.15) is 0 Å². The Labute approximate surface area is 193 Å². The van der Waals surface area contributed by atoms with Crippen LogP contribution in [0.3, 0.4) is 0 Å². The SMILES string of the molecule is COC(=O)c1cc(OC)cc(OC[C@@H]2CC[C@H]3CN(c4noc5ccccc45)CCN3C2)c1. The number of carbonyl (C=O) groups excluding carboxylic acids is 1. The minimum atomic E-state index is -0.406. The zero-order chi connectivity index (χ0) is 22.8. The molecule has 2 saturated heterocycles. The van der Waals surface area contributed by atoms with Crippen LogP contribution in [0.5, 0.6) is 11.5 Å². The van der Waals surface area contributed by atoms with E-state index in [-0.39, 0.29) is 0 Å². The molecule has 0 amide bonds. The van der Waals surface area contributed by atoms with Gasteiger partial charge in [0.15, 0.2) is 11.4 Å². The molecule has 2 fully saturated rings. The Morgan fingerprint density at radius 2 is 1.94 bits per heavy atom. The van der Waals surface area contributed by atoms with Crippen molar-refractivity contribution in [2.24, 2.45) is 5.92 Å².